The van der Waals surface area contributed by atoms with Crippen LogP contribution in [0, 0.1) is 11.3 Å². The highest BCUT2D eigenvalue weighted by molar-refractivity contribution is 6.32. The summed E-state index contributed by atoms with van der Waals surface area (Å²) in [5.74, 6) is 0.634. The first-order chi connectivity index (χ1) is 14.0. The number of methoxy groups -OCH3 is 1. The van der Waals surface area contributed by atoms with Gasteiger partial charge in [-0.2, -0.15) is 5.26 Å². The lowest BCUT2D eigenvalue weighted by Crippen LogP contribution is -2.22. The number of rotatable bonds is 8. The normalized spacial score (nSPS) is 10.9. The minimum absolute atomic E-state index is 0.0865. The Kier molecular flexibility index (Phi) is 6.89. The highest BCUT2D eigenvalue weighted by atomic mass is 35.5. The molecule has 2 aromatic carbocycles. The van der Waals surface area contributed by atoms with Crippen molar-refractivity contribution in [3.05, 3.63) is 64.3 Å². The molecule has 0 spiro atoms. The topological polar surface area (TPSA) is 81.4 Å². The van der Waals surface area contributed by atoms with E-state index in [4.69, 9.17) is 16.3 Å². The molecule has 0 fully saturated rings. The number of anilines is 1. The van der Waals surface area contributed by atoms with Crippen LogP contribution in [-0.2, 0) is 13.1 Å². The highest BCUT2D eigenvalue weighted by Gasteiger charge is 2.12. The smallest absolute Gasteiger partial charge is 0.137 e. The van der Waals surface area contributed by atoms with Crippen molar-refractivity contribution in [3.63, 3.8) is 0 Å². The third-order valence-electron chi connectivity index (χ3n) is 4.68. The number of nitriles is 1. The first-order valence-electron chi connectivity index (χ1n) is 9.23. The van der Waals surface area contributed by atoms with Crippen LogP contribution in [0.25, 0.3) is 10.9 Å². The maximum atomic E-state index is 9.31. The lowest BCUT2D eigenvalue weighted by atomic mass is 10.1. The number of nitrogens with zero attached hydrogens (tertiary/aromatic N) is 3. The Labute approximate surface area is 175 Å². The van der Waals surface area contributed by atoms with Gasteiger partial charge in [0.2, 0.25) is 0 Å². The fourth-order valence-electron chi connectivity index (χ4n) is 3.18. The van der Waals surface area contributed by atoms with Crippen LogP contribution < -0.4 is 10.1 Å². The maximum absolute atomic E-state index is 9.31. The van der Waals surface area contributed by atoms with Crippen molar-refractivity contribution in [1.29, 1.82) is 5.26 Å². The molecule has 0 radical (unpaired) electrons. The van der Waals surface area contributed by atoms with Gasteiger partial charge in [-0.05, 0) is 42.9 Å². The van der Waals surface area contributed by atoms with Crippen LogP contribution in [0.4, 0.5) is 5.69 Å². The molecule has 0 aliphatic heterocycles. The van der Waals surface area contributed by atoms with Gasteiger partial charge < -0.3 is 15.2 Å². The van der Waals surface area contributed by atoms with Gasteiger partial charge in [-0.1, -0.05) is 17.7 Å². The quantitative estimate of drug-likeness (QED) is 0.587. The van der Waals surface area contributed by atoms with E-state index < -0.39 is 0 Å². The first kappa shape index (κ1) is 20.9. The molecule has 0 bridgehead atoms. The van der Waals surface area contributed by atoms with Gasteiger partial charge in [-0.3, -0.25) is 9.88 Å². The summed E-state index contributed by atoms with van der Waals surface area (Å²) in [6, 6.07) is 13.3. The molecule has 0 saturated heterocycles. The summed E-state index contributed by atoms with van der Waals surface area (Å²) in [5, 5.41) is 23.5. The molecule has 1 aromatic heterocycles. The molecular weight excluding hydrogens is 388 g/mol. The predicted octanol–water partition coefficient (Wildman–Crippen LogP) is 3.80. The lowest BCUT2D eigenvalue weighted by molar-refractivity contribution is 0.217. The molecule has 0 saturated carbocycles. The molecule has 0 amide bonds. The van der Waals surface area contributed by atoms with Crippen LogP contribution in [0.2, 0.25) is 5.02 Å². The van der Waals surface area contributed by atoms with Crippen molar-refractivity contribution in [2.24, 2.45) is 0 Å². The number of halogens is 1. The van der Waals surface area contributed by atoms with E-state index in [1.165, 1.54) is 0 Å². The number of hydrogen-bond donors (Lipinski definition) is 2. The van der Waals surface area contributed by atoms with Gasteiger partial charge in [-0.15, -0.1) is 0 Å². The highest BCUT2D eigenvalue weighted by Crippen LogP contribution is 2.30. The fourth-order valence-corrected chi connectivity index (χ4v) is 3.46. The Morgan fingerprint density at radius 1 is 1.28 bits per heavy atom. The van der Waals surface area contributed by atoms with E-state index in [-0.39, 0.29) is 6.61 Å². The number of pyridine rings is 1. The minimum Gasteiger partial charge on any atom is -0.495 e. The second-order valence-electron chi connectivity index (χ2n) is 6.79. The molecule has 0 aliphatic rings. The number of aliphatic hydroxyl groups is 1. The molecule has 0 aliphatic carbocycles. The largest absolute Gasteiger partial charge is 0.495 e. The van der Waals surface area contributed by atoms with Crippen molar-refractivity contribution in [2.45, 2.75) is 13.1 Å². The number of aromatic nitrogens is 1. The molecule has 1 heterocycles. The third-order valence-corrected chi connectivity index (χ3v) is 4.98. The number of benzene rings is 2. The first-order valence-corrected chi connectivity index (χ1v) is 9.61. The van der Waals surface area contributed by atoms with Gasteiger partial charge in [-0.25, -0.2) is 0 Å². The van der Waals surface area contributed by atoms with E-state index >= 15 is 0 Å². The molecule has 7 heteroatoms. The Bertz CT molecular complexity index is 1050. The zero-order chi connectivity index (χ0) is 20.8. The van der Waals surface area contributed by atoms with E-state index in [0.717, 1.165) is 27.7 Å². The number of likely N-dealkylation sites (N-methyl/N-ethyl adjacent to an activating group) is 1. The molecule has 2 N–H and O–H groups in total. The van der Waals surface area contributed by atoms with E-state index in [1.807, 2.05) is 48.5 Å². The lowest BCUT2D eigenvalue weighted by Gasteiger charge is -2.20. The molecule has 29 heavy (non-hydrogen) atoms. The number of aliphatic hydroxyl groups excluding tert-OH is 1. The summed E-state index contributed by atoms with van der Waals surface area (Å²) < 4.78 is 5.21. The molecule has 0 unspecified atom stereocenters. The average Bonchev–Trinajstić information content (AvgIpc) is 2.72. The van der Waals surface area contributed by atoms with E-state index in [1.54, 1.807) is 13.2 Å². The van der Waals surface area contributed by atoms with Crippen LogP contribution in [0.5, 0.6) is 5.75 Å². The van der Waals surface area contributed by atoms with Gasteiger partial charge in [0.25, 0.3) is 0 Å². The summed E-state index contributed by atoms with van der Waals surface area (Å²) in [7, 11) is 3.53. The number of hydrogen-bond acceptors (Lipinski definition) is 6. The van der Waals surface area contributed by atoms with Crippen LogP contribution in [-0.4, -0.2) is 42.3 Å². The van der Waals surface area contributed by atoms with E-state index in [9.17, 15) is 10.4 Å². The molecule has 3 rings (SSSR count). The van der Waals surface area contributed by atoms with Crippen molar-refractivity contribution in [1.82, 2.24) is 9.88 Å². The fraction of sp³-hybridized carbons (Fsp3) is 0.273. The summed E-state index contributed by atoms with van der Waals surface area (Å²) in [6.07, 6.45) is 1.84. The standard InChI is InChI=1S/C22H23ClN4O2/c1-27(7-8-28)14-17-13-25-20-5-3-15(11-24)9-18(20)22(17)26-12-16-4-6-21(29-2)19(23)10-16/h3-6,9-10,13,28H,7-8,12,14H2,1-2H3,(H,25,26). The van der Waals surface area contributed by atoms with Crippen LogP contribution in [0.1, 0.15) is 16.7 Å². The van der Waals surface area contributed by atoms with Crippen LogP contribution in [0.3, 0.4) is 0 Å². The zero-order valence-corrected chi connectivity index (χ0v) is 17.2. The second kappa shape index (κ2) is 9.57. The summed E-state index contributed by atoms with van der Waals surface area (Å²) in [4.78, 5) is 6.57. The van der Waals surface area contributed by atoms with Gasteiger partial charge in [0, 0.05) is 42.5 Å². The Morgan fingerprint density at radius 2 is 2.10 bits per heavy atom. The van der Waals surface area contributed by atoms with Crippen LogP contribution >= 0.6 is 11.6 Å². The third kappa shape index (κ3) is 4.96. The summed E-state index contributed by atoms with van der Waals surface area (Å²) >= 11 is 6.25. The Morgan fingerprint density at radius 3 is 2.79 bits per heavy atom. The average molecular weight is 411 g/mol. The molecule has 6 nitrogen and oxygen atoms in total. The SMILES string of the molecule is COc1ccc(CNc2c(CN(C)CCO)cnc3ccc(C#N)cc23)cc1Cl. The van der Waals surface area contributed by atoms with Crippen molar-refractivity contribution in [2.75, 3.05) is 32.6 Å². The number of fused-ring (bicyclic) bond motifs is 1. The van der Waals surface area contributed by atoms with Crippen molar-refractivity contribution >= 4 is 28.2 Å². The molecule has 0 atom stereocenters. The second-order valence-corrected chi connectivity index (χ2v) is 7.19. The van der Waals surface area contributed by atoms with Crippen LogP contribution in [0.15, 0.2) is 42.6 Å². The maximum Gasteiger partial charge on any atom is 0.137 e. The Balaban J connectivity index is 1.97. The monoisotopic (exact) mass is 410 g/mol. The number of ether oxygens (including phenoxy) is 1. The molecule has 150 valence electrons. The van der Waals surface area contributed by atoms with E-state index in [0.29, 0.717) is 36.0 Å². The van der Waals surface area contributed by atoms with Crippen molar-refractivity contribution < 1.29 is 9.84 Å². The van der Waals surface area contributed by atoms with Gasteiger partial charge >= 0.3 is 0 Å². The van der Waals surface area contributed by atoms with Gasteiger partial charge in [0.15, 0.2) is 0 Å². The van der Waals surface area contributed by atoms with Crippen molar-refractivity contribution in [3.8, 4) is 11.8 Å². The Hall–Kier alpha value is -2.85. The van der Waals surface area contributed by atoms with Gasteiger partial charge in [0.1, 0.15) is 5.75 Å². The minimum atomic E-state index is 0.0865. The predicted molar refractivity (Wildman–Crippen MR) is 115 cm³/mol. The zero-order valence-electron chi connectivity index (χ0n) is 16.4. The summed E-state index contributed by atoms with van der Waals surface area (Å²) in [6.45, 7) is 1.81. The summed E-state index contributed by atoms with van der Waals surface area (Å²) in [5.41, 5.74) is 4.31. The van der Waals surface area contributed by atoms with Gasteiger partial charge in [0.05, 0.1) is 35.9 Å². The molecule has 3 aromatic rings. The van der Waals surface area contributed by atoms with E-state index in [2.05, 4.69) is 16.4 Å². The molecular formula is C22H23ClN4O2. The number of nitrogens with one attached hydrogen (secondary N) is 1.